The summed E-state index contributed by atoms with van der Waals surface area (Å²) in [6, 6.07) is 19.2. The van der Waals surface area contributed by atoms with Crippen molar-refractivity contribution in [2.45, 2.75) is 11.8 Å². The van der Waals surface area contributed by atoms with Crippen LogP contribution in [-0.4, -0.2) is 28.4 Å². The van der Waals surface area contributed by atoms with Gasteiger partial charge in [0.2, 0.25) is 0 Å². The highest BCUT2D eigenvalue weighted by Gasteiger charge is 2.24. The average Bonchev–Trinajstić information content (AvgIpc) is 3.10. The third-order valence-corrected chi connectivity index (χ3v) is 6.43. The number of hydrogen-bond acceptors (Lipinski definition) is 5. The van der Waals surface area contributed by atoms with E-state index in [0.29, 0.717) is 5.25 Å². The molecule has 1 N–H and O–H groups in total. The van der Waals surface area contributed by atoms with E-state index in [0.717, 1.165) is 30.0 Å². The lowest BCUT2D eigenvalue weighted by atomic mass is 10.1. The Balaban J connectivity index is 1.30. The van der Waals surface area contributed by atoms with E-state index in [-0.39, 0.29) is 0 Å². The molecule has 1 fully saturated rings. The number of aliphatic imine (C=N–C) groups is 1. The van der Waals surface area contributed by atoms with Crippen molar-refractivity contribution in [2.24, 2.45) is 4.99 Å². The summed E-state index contributed by atoms with van der Waals surface area (Å²) in [5.41, 5.74) is 3.91. The van der Waals surface area contributed by atoms with E-state index in [4.69, 9.17) is 0 Å². The number of anilines is 1. The predicted octanol–water partition coefficient (Wildman–Crippen LogP) is 4.41. The molecule has 0 radical (unpaired) electrons. The van der Waals surface area contributed by atoms with Crippen LogP contribution in [0.15, 0.2) is 59.6 Å². The fourth-order valence-electron chi connectivity index (χ4n) is 2.82. The lowest BCUT2D eigenvalue weighted by Gasteiger charge is -2.20. The van der Waals surface area contributed by atoms with Gasteiger partial charge in [-0.2, -0.15) is 0 Å². The first kappa shape index (κ1) is 15.1. The van der Waals surface area contributed by atoms with Crippen molar-refractivity contribution in [1.82, 2.24) is 4.90 Å². The van der Waals surface area contributed by atoms with E-state index in [9.17, 15) is 0 Å². The summed E-state index contributed by atoms with van der Waals surface area (Å²) in [4.78, 5) is 7.14. The van der Waals surface area contributed by atoms with Gasteiger partial charge in [0, 0.05) is 23.4 Å². The van der Waals surface area contributed by atoms with Gasteiger partial charge in [0.15, 0.2) is 5.17 Å². The summed E-state index contributed by atoms with van der Waals surface area (Å²) < 4.78 is 0. The van der Waals surface area contributed by atoms with Crippen LogP contribution in [0.1, 0.15) is 16.4 Å². The number of hydrogen-bond donors (Lipinski definition) is 1. The van der Waals surface area contributed by atoms with E-state index in [1.165, 1.54) is 16.8 Å². The first-order chi connectivity index (χ1) is 11.4. The van der Waals surface area contributed by atoms with Crippen LogP contribution in [-0.2, 0) is 6.54 Å². The van der Waals surface area contributed by atoms with Gasteiger partial charge >= 0.3 is 0 Å². The zero-order valence-corrected chi connectivity index (χ0v) is 14.4. The Labute approximate surface area is 145 Å². The Bertz CT molecular complexity index is 702. The van der Waals surface area contributed by atoms with Crippen LogP contribution in [0.25, 0.3) is 0 Å². The third kappa shape index (κ3) is 3.57. The number of thioether (sulfide) groups is 2. The molecule has 0 spiro atoms. The molecule has 4 rings (SSSR count). The van der Waals surface area contributed by atoms with Crippen LogP contribution >= 0.6 is 23.5 Å². The van der Waals surface area contributed by atoms with E-state index in [1.54, 1.807) is 11.8 Å². The van der Waals surface area contributed by atoms with Gasteiger partial charge in [-0.3, -0.25) is 9.89 Å². The molecule has 1 atom stereocenters. The van der Waals surface area contributed by atoms with Crippen LogP contribution < -0.4 is 5.32 Å². The van der Waals surface area contributed by atoms with Crippen molar-refractivity contribution in [2.75, 3.05) is 23.6 Å². The topological polar surface area (TPSA) is 27.6 Å². The van der Waals surface area contributed by atoms with Gasteiger partial charge in [-0.1, -0.05) is 60.3 Å². The summed E-state index contributed by atoms with van der Waals surface area (Å²) in [6.45, 7) is 1.90. The highest BCUT2D eigenvalue weighted by molar-refractivity contribution is 8.14. The lowest BCUT2D eigenvalue weighted by Crippen LogP contribution is -2.23. The molecule has 5 heteroatoms. The predicted molar refractivity (Wildman–Crippen MR) is 102 cm³/mol. The molecule has 0 aliphatic carbocycles. The summed E-state index contributed by atoms with van der Waals surface area (Å²) in [5.74, 6) is 2.08. The van der Waals surface area contributed by atoms with E-state index >= 15 is 0 Å². The largest absolute Gasteiger partial charge is 0.335 e. The number of fused-ring (bicyclic) bond motifs is 1. The monoisotopic (exact) mass is 341 g/mol. The summed E-state index contributed by atoms with van der Waals surface area (Å²) >= 11 is 3.84. The lowest BCUT2D eigenvalue weighted by molar-refractivity contribution is 0.402. The quantitative estimate of drug-likeness (QED) is 0.895. The zero-order chi connectivity index (χ0) is 15.5. The summed E-state index contributed by atoms with van der Waals surface area (Å²) in [6.07, 6.45) is 0. The highest BCUT2D eigenvalue weighted by Crippen LogP contribution is 2.36. The van der Waals surface area contributed by atoms with Gasteiger partial charge in [0.25, 0.3) is 0 Å². The minimum atomic E-state index is 0.596. The smallest absolute Gasteiger partial charge is 0.162 e. The van der Waals surface area contributed by atoms with Crippen molar-refractivity contribution < 1.29 is 0 Å². The molecular formula is C18H19N3S2. The molecule has 23 heavy (non-hydrogen) atoms. The molecule has 2 aromatic carbocycles. The Hall–Kier alpha value is -1.43. The molecule has 0 bridgehead atoms. The first-order valence-electron chi connectivity index (χ1n) is 7.79. The Morgan fingerprint density at radius 2 is 1.96 bits per heavy atom. The van der Waals surface area contributed by atoms with Crippen LogP contribution in [0.4, 0.5) is 5.69 Å². The van der Waals surface area contributed by atoms with E-state index < -0.39 is 0 Å². The minimum absolute atomic E-state index is 0.596. The van der Waals surface area contributed by atoms with Crippen molar-refractivity contribution in [1.29, 1.82) is 0 Å². The van der Waals surface area contributed by atoms with Gasteiger partial charge < -0.3 is 5.32 Å². The number of para-hydroxylation sites is 1. The standard InChI is InChI=1S/C18H19N3S2/c1-2-6-14(7-3-1)17-11-21(12-22-17)13-23-18-19-10-15-8-4-5-9-16(15)20-18/h1-9,17H,10-13H2,(H,19,20). The van der Waals surface area contributed by atoms with Crippen molar-refractivity contribution >= 4 is 34.4 Å². The molecule has 2 aliphatic heterocycles. The molecule has 118 valence electrons. The summed E-state index contributed by atoms with van der Waals surface area (Å²) in [7, 11) is 0. The zero-order valence-electron chi connectivity index (χ0n) is 12.8. The van der Waals surface area contributed by atoms with Gasteiger partial charge in [0.05, 0.1) is 12.4 Å². The fraction of sp³-hybridized carbons (Fsp3) is 0.278. The molecule has 3 nitrogen and oxygen atoms in total. The van der Waals surface area contributed by atoms with Crippen LogP contribution in [0.2, 0.25) is 0 Å². The summed E-state index contributed by atoms with van der Waals surface area (Å²) in [5, 5.41) is 5.08. The second kappa shape index (κ2) is 6.99. The van der Waals surface area contributed by atoms with Crippen molar-refractivity contribution in [3.05, 3.63) is 65.7 Å². The number of rotatable bonds is 3. The second-order valence-electron chi connectivity index (χ2n) is 5.73. The van der Waals surface area contributed by atoms with E-state index in [1.807, 2.05) is 11.8 Å². The maximum Gasteiger partial charge on any atom is 0.162 e. The Morgan fingerprint density at radius 3 is 2.87 bits per heavy atom. The van der Waals surface area contributed by atoms with Crippen LogP contribution in [0, 0.1) is 0 Å². The Kier molecular flexibility index (Phi) is 4.60. The van der Waals surface area contributed by atoms with Gasteiger partial charge in [-0.05, 0) is 17.2 Å². The second-order valence-corrected chi connectivity index (χ2v) is 7.82. The molecule has 2 aromatic rings. The molecule has 0 aromatic heterocycles. The number of benzene rings is 2. The minimum Gasteiger partial charge on any atom is -0.335 e. The molecule has 1 unspecified atom stereocenters. The number of amidine groups is 1. The molecule has 0 saturated carbocycles. The first-order valence-corrected chi connectivity index (χ1v) is 9.83. The van der Waals surface area contributed by atoms with Crippen molar-refractivity contribution in [3.8, 4) is 0 Å². The maximum absolute atomic E-state index is 4.64. The maximum atomic E-state index is 4.64. The number of nitrogens with zero attached hydrogens (tertiary/aromatic N) is 2. The molecule has 1 saturated heterocycles. The average molecular weight is 342 g/mol. The van der Waals surface area contributed by atoms with Gasteiger partial charge in [0.1, 0.15) is 0 Å². The molecule has 2 heterocycles. The Morgan fingerprint density at radius 1 is 1.13 bits per heavy atom. The highest BCUT2D eigenvalue weighted by atomic mass is 32.2. The number of nitrogens with one attached hydrogen (secondary N) is 1. The van der Waals surface area contributed by atoms with Crippen LogP contribution in [0.3, 0.4) is 0 Å². The van der Waals surface area contributed by atoms with Crippen LogP contribution in [0.5, 0.6) is 0 Å². The fourth-order valence-corrected chi connectivity index (χ4v) is 5.03. The van der Waals surface area contributed by atoms with Gasteiger partial charge in [-0.15, -0.1) is 11.8 Å². The third-order valence-electron chi connectivity index (χ3n) is 4.09. The molecule has 0 amide bonds. The SMILES string of the molecule is c1ccc(C2CN(CSC3=NCc4ccccc4N3)CS2)cc1. The van der Waals surface area contributed by atoms with Gasteiger partial charge in [-0.25, -0.2) is 0 Å². The molecule has 2 aliphatic rings. The van der Waals surface area contributed by atoms with E-state index in [2.05, 4.69) is 69.8 Å². The molecular weight excluding hydrogens is 322 g/mol. The normalized spacial score (nSPS) is 20.7. The van der Waals surface area contributed by atoms with Crippen molar-refractivity contribution in [3.63, 3.8) is 0 Å².